The molecule has 2 heterocycles. The van der Waals surface area contributed by atoms with Crippen LogP contribution in [0.15, 0.2) is 15.9 Å². The van der Waals surface area contributed by atoms with E-state index < -0.39 is 0 Å². The standard InChI is InChI=1S/C14H20BrNO2S/c1-2-4-14(10-17)5-6-16(9-14)13(18)8-12-11(15)3-7-19-12/h3,7,17H,2,4-6,8-10H2,1H3. The molecular formula is C14H20BrNO2S. The number of aliphatic hydroxyl groups excluding tert-OH is 1. The molecule has 1 aromatic heterocycles. The van der Waals surface area contributed by atoms with E-state index in [1.165, 1.54) is 0 Å². The van der Waals surface area contributed by atoms with Crippen molar-refractivity contribution in [2.24, 2.45) is 5.41 Å². The van der Waals surface area contributed by atoms with Crippen LogP contribution in [0.5, 0.6) is 0 Å². The van der Waals surface area contributed by atoms with Crippen LogP contribution in [-0.4, -0.2) is 35.6 Å². The summed E-state index contributed by atoms with van der Waals surface area (Å²) in [7, 11) is 0. The molecule has 1 aliphatic heterocycles. The third-order valence-electron chi connectivity index (χ3n) is 3.91. The highest BCUT2D eigenvalue weighted by Crippen LogP contribution is 2.35. The van der Waals surface area contributed by atoms with Crippen molar-refractivity contribution in [3.63, 3.8) is 0 Å². The zero-order valence-electron chi connectivity index (χ0n) is 11.2. The monoisotopic (exact) mass is 345 g/mol. The number of aliphatic hydroxyl groups is 1. The molecule has 0 aliphatic carbocycles. The van der Waals surface area contributed by atoms with Crippen LogP contribution in [0.4, 0.5) is 0 Å². The summed E-state index contributed by atoms with van der Waals surface area (Å²) in [5.41, 5.74) is -0.0584. The van der Waals surface area contributed by atoms with Gasteiger partial charge in [0.15, 0.2) is 0 Å². The minimum Gasteiger partial charge on any atom is -0.396 e. The molecular weight excluding hydrogens is 326 g/mol. The average Bonchev–Trinajstić information content (AvgIpc) is 2.98. The van der Waals surface area contributed by atoms with Gasteiger partial charge in [-0.3, -0.25) is 4.79 Å². The Morgan fingerprint density at radius 1 is 1.63 bits per heavy atom. The van der Waals surface area contributed by atoms with Crippen LogP contribution in [0.1, 0.15) is 31.1 Å². The lowest BCUT2D eigenvalue weighted by Gasteiger charge is -2.26. The predicted molar refractivity (Wildman–Crippen MR) is 81.3 cm³/mol. The Hall–Kier alpha value is -0.390. The number of hydrogen-bond donors (Lipinski definition) is 1. The van der Waals surface area contributed by atoms with E-state index >= 15 is 0 Å². The first kappa shape index (κ1) is 15.0. The predicted octanol–water partition coefficient (Wildman–Crippen LogP) is 3.06. The molecule has 1 fully saturated rings. The van der Waals surface area contributed by atoms with Crippen LogP contribution in [0.3, 0.4) is 0 Å². The molecule has 0 spiro atoms. The number of halogens is 1. The Balaban J connectivity index is 1.97. The molecule has 1 aromatic rings. The summed E-state index contributed by atoms with van der Waals surface area (Å²) in [6, 6.07) is 1.98. The molecule has 1 amide bonds. The van der Waals surface area contributed by atoms with E-state index in [-0.39, 0.29) is 17.9 Å². The molecule has 2 rings (SSSR count). The first-order chi connectivity index (χ1) is 9.10. The fraction of sp³-hybridized carbons (Fsp3) is 0.643. The molecule has 1 atom stereocenters. The van der Waals surface area contributed by atoms with Crippen molar-refractivity contribution >= 4 is 33.2 Å². The van der Waals surface area contributed by atoms with Gasteiger partial charge in [-0.1, -0.05) is 13.3 Å². The molecule has 1 unspecified atom stereocenters. The summed E-state index contributed by atoms with van der Waals surface area (Å²) in [6.07, 6.45) is 3.44. The fourth-order valence-electron chi connectivity index (χ4n) is 2.79. The van der Waals surface area contributed by atoms with Gasteiger partial charge in [0.1, 0.15) is 0 Å². The van der Waals surface area contributed by atoms with Crippen molar-refractivity contribution in [1.29, 1.82) is 0 Å². The Morgan fingerprint density at radius 2 is 2.42 bits per heavy atom. The molecule has 0 aromatic carbocycles. The van der Waals surface area contributed by atoms with Gasteiger partial charge in [0.2, 0.25) is 5.91 Å². The van der Waals surface area contributed by atoms with E-state index in [0.717, 1.165) is 35.2 Å². The van der Waals surface area contributed by atoms with Gasteiger partial charge in [-0.05, 0) is 40.2 Å². The van der Waals surface area contributed by atoms with E-state index in [1.807, 2.05) is 16.3 Å². The number of amides is 1. The third kappa shape index (κ3) is 3.38. The number of carbonyl (C=O) groups excluding carboxylic acids is 1. The molecule has 3 nitrogen and oxygen atoms in total. The number of rotatable bonds is 5. The first-order valence-corrected chi connectivity index (χ1v) is 8.38. The van der Waals surface area contributed by atoms with Crippen molar-refractivity contribution < 1.29 is 9.90 Å². The van der Waals surface area contributed by atoms with Gasteiger partial charge in [-0.15, -0.1) is 11.3 Å². The van der Waals surface area contributed by atoms with Crippen LogP contribution in [0, 0.1) is 5.41 Å². The summed E-state index contributed by atoms with van der Waals surface area (Å²) in [5.74, 6) is 0.176. The SMILES string of the molecule is CCCC1(CO)CCN(C(=O)Cc2sccc2Br)C1. The summed E-state index contributed by atoms with van der Waals surface area (Å²) < 4.78 is 1.02. The minimum atomic E-state index is -0.0584. The van der Waals surface area contributed by atoms with Gasteiger partial charge in [0.05, 0.1) is 13.0 Å². The lowest BCUT2D eigenvalue weighted by Crippen LogP contribution is -2.34. The van der Waals surface area contributed by atoms with Crippen LogP contribution >= 0.6 is 27.3 Å². The van der Waals surface area contributed by atoms with Crippen LogP contribution in [0.25, 0.3) is 0 Å². The zero-order chi connectivity index (χ0) is 13.9. The number of likely N-dealkylation sites (tertiary alicyclic amines) is 1. The van der Waals surface area contributed by atoms with Crippen molar-refractivity contribution in [2.45, 2.75) is 32.6 Å². The number of nitrogens with zero attached hydrogens (tertiary/aromatic N) is 1. The van der Waals surface area contributed by atoms with E-state index in [1.54, 1.807) is 11.3 Å². The zero-order valence-corrected chi connectivity index (χ0v) is 13.6. The summed E-state index contributed by atoms with van der Waals surface area (Å²) in [5, 5.41) is 11.6. The van der Waals surface area contributed by atoms with Crippen LogP contribution < -0.4 is 0 Å². The van der Waals surface area contributed by atoms with Gasteiger partial charge < -0.3 is 10.0 Å². The number of carbonyl (C=O) groups is 1. The van der Waals surface area contributed by atoms with Gasteiger partial charge >= 0.3 is 0 Å². The molecule has 19 heavy (non-hydrogen) atoms. The maximum atomic E-state index is 12.3. The quantitative estimate of drug-likeness (QED) is 0.890. The second kappa shape index (κ2) is 6.37. The fourth-order valence-corrected chi connectivity index (χ4v) is 4.27. The van der Waals surface area contributed by atoms with E-state index in [9.17, 15) is 9.90 Å². The first-order valence-electron chi connectivity index (χ1n) is 6.71. The molecule has 5 heteroatoms. The smallest absolute Gasteiger partial charge is 0.227 e. The third-order valence-corrected chi connectivity index (χ3v) is 5.84. The van der Waals surface area contributed by atoms with Crippen LogP contribution in [-0.2, 0) is 11.2 Å². The highest BCUT2D eigenvalue weighted by Gasteiger charge is 2.38. The highest BCUT2D eigenvalue weighted by atomic mass is 79.9. The Kier molecular flexibility index (Phi) is 5.03. The molecule has 0 bridgehead atoms. The number of thiophene rings is 1. The second-order valence-corrected chi connectivity index (χ2v) is 7.20. The van der Waals surface area contributed by atoms with Crippen molar-refractivity contribution in [2.75, 3.05) is 19.7 Å². The summed E-state index contributed by atoms with van der Waals surface area (Å²) in [4.78, 5) is 15.3. The minimum absolute atomic E-state index is 0.0584. The summed E-state index contributed by atoms with van der Waals surface area (Å²) >= 11 is 5.07. The maximum absolute atomic E-state index is 12.3. The van der Waals surface area contributed by atoms with E-state index in [0.29, 0.717) is 13.0 Å². The second-order valence-electron chi connectivity index (χ2n) is 5.34. The van der Waals surface area contributed by atoms with Crippen molar-refractivity contribution in [3.05, 3.63) is 20.8 Å². The Bertz CT molecular complexity index is 448. The number of hydrogen-bond acceptors (Lipinski definition) is 3. The lowest BCUT2D eigenvalue weighted by atomic mass is 9.83. The highest BCUT2D eigenvalue weighted by molar-refractivity contribution is 9.10. The van der Waals surface area contributed by atoms with Gasteiger partial charge in [-0.2, -0.15) is 0 Å². The molecule has 1 saturated heterocycles. The van der Waals surface area contributed by atoms with E-state index in [2.05, 4.69) is 22.9 Å². The Labute approximate surface area is 126 Å². The Morgan fingerprint density at radius 3 is 3.00 bits per heavy atom. The molecule has 1 N–H and O–H groups in total. The van der Waals surface area contributed by atoms with Gasteiger partial charge in [0.25, 0.3) is 0 Å². The van der Waals surface area contributed by atoms with Gasteiger partial charge in [0, 0.05) is 27.9 Å². The van der Waals surface area contributed by atoms with E-state index in [4.69, 9.17) is 0 Å². The van der Waals surface area contributed by atoms with Gasteiger partial charge in [-0.25, -0.2) is 0 Å². The topological polar surface area (TPSA) is 40.5 Å². The van der Waals surface area contributed by atoms with Crippen molar-refractivity contribution in [3.8, 4) is 0 Å². The largest absolute Gasteiger partial charge is 0.396 e. The summed E-state index contributed by atoms with van der Waals surface area (Å²) in [6.45, 7) is 3.81. The average molecular weight is 346 g/mol. The molecule has 0 saturated carbocycles. The molecule has 1 aliphatic rings. The lowest BCUT2D eigenvalue weighted by molar-refractivity contribution is -0.129. The molecule has 106 valence electrons. The van der Waals surface area contributed by atoms with Crippen molar-refractivity contribution in [1.82, 2.24) is 4.90 Å². The normalized spacial score (nSPS) is 23.0. The molecule has 0 radical (unpaired) electrons. The maximum Gasteiger partial charge on any atom is 0.227 e. The van der Waals surface area contributed by atoms with Crippen LogP contribution in [0.2, 0.25) is 0 Å².